The number of anilines is 1. The van der Waals surface area contributed by atoms with E-state index in [2.05, 4.69) is 10.3 Å². The fraction of sp³-hybridized carbons (Fsp3) is 0.393. The second-order valence-electron chi connectivity index (χ2n) is 11.4. The number of likely N-dealkylation sites (N-methyl/N-ethyl adjacent to an activating group) is 1. The van der Waals surface area contributed by atoms with E-state index in [9.17, 15) is 45.6 Å². The van der Waals surface area contributed by atoms with Crippen molar-refractivity contribution < 1.29 is 75.2 Å². The first-order chi connectivity index (χ1) is 20.1. The number of hydrogen-bond donors (Lipinski definition) is 3. The summed E-state index contributed by atoms with van der Waals surface area (Å²) in [4.78, 5) is 45.3. The van der Waals surface area contributed by atoms with Gasteiger partial charge in [0, 0.05) is 30.7 Å². The Bertz CT molecular complexity index is 1770. The molecule has 1 fully saturated rings. The van der Waals surface area contributed by atoms with Gasteiger partial charge in [0.15, 0.2) is 17.1 Å². The van der Waals surface area contributed by atoms with Gasteiger partial charge in [0.05, 0.1) is 17.0 Å². The summed E-state index contributed by atoms with van der Waals surface area (Å²) in [5.74, 6) is -6.52. The number of carbonyl (C=O) groups excluding carboxylic acids is 3. The smallest absolute Gasteiger partial charge is 0.746 e. The van der Waals surface area contributed by atoms with E-state index >= 15 is 0 Å². The van der Waals surface area contributed by atoms with E-state index < -0.39 is 85.7 Å². The van der Waals surface area contributed by atoms with E-state index in [0.29, 0.717) is 17.3 Å². The average molecular weight is 645 g/mol. The quantitative estimate of drug-likeness (QED) is 0.176. The molecule has 0 saturated carbocycles. The summed E-state index contributed by atoms with van der Waals surface area (Å²) in [6.45, 7) is 3.09. The summed E-state index contributed by atoms with van der Waals surface area (Å²) in [7, 11) is -4.11. The largest absolute Gasteiger partial charge is 1.00 e. The molecule has 230 valence electrons. The fourth-order valence-corrected chi connectivity index (χ4v) is 6.69. The van der Waals surface area contributed by atoms with Gasteiger partial charge in [-0.3, -0.25) is 14.4 Å². The van der Waals surface area contributed by atoms with Gasteiger partial charge in [-0.2, -0.15) is 0 Å². The molecule has 2 aliphatic heterocycles. The van der Waals surface area contributed by atoms with E-state index in [1.807, 2.05) is 0 Å². The standard InChI is InChI=1S/C28H29F3N4O7S.Na/c1-13(2)8-20(34(3)24(36)19-9-14-16(29)10-17(30)22(31)23(14)32-19)25(37)35-12-28(11-21(35)26(38)43(40,41)42)15-6-4-5-7-18(15)33-27(28)39;/h4-7,9-10,13,20-21,26,32,38H,8,11-12H2,1-3H3,(H,33,39)(H,40,41,42);/q;+1/p-1/t20-,21-,26?,28-;/m0./s1. The Morgan fingerprint density at radius 3 is 2.48 bits per heavy atom. The maximum atomic E-state index is 14.3. The zero-order chi connectivity index (χ0) is 31.6. The molecule has 11 nitrogen and oxygen atoms in total. The third-order valence-electron chi connectivity index (χ3n) is 8.19. The molecule has 1 unspecified atom stereocenters. The molecular formula is C28H28F3N4NaO7S. The zero-order valence-electron chi connectivity index (χ0n) is 24.2. The van der Waals surface area contributed by atoms with Crippen molar-refractivity contribution in [2.45, 2.75) is 49.6 Å². The molecule has 3 N–H and O–H groups in total. The summed E-state index contributed by atoms with van der Waals surface area (Å²) in [5, 5.41) is 12.9. The number of aliphatic hydroxyl groups is 1. The van der Waals surface area contributed by atoms with Crippen LogP contribution in [0.5, 0.6) is 0 Å². The summed E-state index contributed by atoms with van der Waals surface area (Å²) in [6, 6.07) is 4.90. The van der Waals surface area contributed by atoms with Crippen LogP contribution in [0.25, 0.3) is 10.9 Å². The van der Waals surface area contributed by atoms with Gasteiger partial charge in [-0.05, 0) is 36.5 Å². The molecule has 44 heavy (non-hydrogen) atoms. The van der Waals surface area contributed by atoms with Crippen molar-refractivity contribution in [3.8, 4) is 0 Å². The molecule has 0 radical (unpaired) electrons. The number of H-pyrrole nitrogens is 1. The molecule has 1 saturated heterocycles. The predicted octanol–water partition coefficient (Wildman–Crippen LogP) is -0.569. The van der Waals surface area contributed by atoms with E-state index in [4.69, 9.17) is 0 Å². The third-order valence-corrected chi connectivity index (χ3v) is 9.09. The Morgan fingerprint density at radius 2 is 1.84 bits per heavy atom. The number of benzene rings is 2. The van der Waals surface area contributed by atoms with Gasteiger partial charge in [-0.25, -0.2) is 21.6 Å². The normalized spacial score (nSPS) is 20.9. The number of fused-ring (bicyclic) bond motifs is 3. The Kier molecular flexibility index (Phi) is 9.33. The Labute approximate surface area is 272 Å². The average Bonchev–Trinajstić information content (AvgIpc) is 3.64. The number of hydrogen-bond acceptors (Lipinski definition) is 7. The first kappa shape index (κ1) is 33.9. The molecule has 0 bridgehead atoms. The number of likely N-dealkylation sites (tertiary alicyclic amines) is 1. The van der Waals surface area contributed by atoms with Crippen molar-refractivity contribution in [2.75, 3.05) is 18.9 Å². The van der Waals surface area contributed by atoms with Crippen molar-refractivity contribution in [1.29, 1.82) is 0 Å². The summed E-state index contributed by atoms with van der Waals surface area (Å²) >= 11 is 0. The number of nitrogens with zero attached hydrogens (tertiary/aromatic N) is 2. The molecule has 3 aromatic rings. The molecule has 1 aromatic heterocycles. The van der Waals surface area contributed by atoms with E-state index in [-0.39, 0.29) is 54.0 Å². The Balaban J connectivity index is 0.00000442. The Hall–Kier alpha value is -2.95. The summed E-state index contributed by atoms with van der Waals surface area (Å²) < 4.78 is 78.3. The minimum atomic E-state index is -5.36. The number of para-hydroxylation sites is 1. The van der Waals surface area contributed by atoms with Gasteiger partial charge >= 0.3 is 29.6 Å². The van der Waals surface area contributed by atoms with Crippen LogP contribution in [0, 0.1) is 23.4 Å². The SMILES string of the molecule is CC(C)C[C@@H](C(=O)N1C[C@]2(C[C@H]1C(O)S(=O)(=O)[O-])C(=O)Nc1ccccc12)N(C)C(=O)c1cc2c(F)cc(F)c(F)c2[nH]1.[Na+]. The topological polar surface area (TPSA) is 163 Å². The predicted molar refractivity (Wildman–Crippen MR) is 146 cm³/mol. The van der Waals surface area contributed by atoms with Crippen LogP contribution in [0.2, 0.25) is 0 Å². The van der Waals surface area contributed by atoms with Gasteiger partial charge in [0.2, 0.25) is 11.8 Å². The number of nitrogens with one attached hydrogen (secondary N) is 2. The van der Waals surface area contributed by atoms with Crippen molar-refractivity contribution >= 4 is 44.4 Å². The zero-order valence-corrected chi connectivity index (χ0v) is 27.0. The van der Waals surface area contributed by atoms with Crippen LogP contribution in [0.1, 0.15) is 42.7 Å². The molecule has 0 aliphatic carbocycles. The van der Waals surface area contributed by atoms with Crippen molar-refractivity contribution in [2.24, 2.45) is 5.92 Å². The number of amides is 3. The molecule has 4 atom stereocenters. The van der Waals surface area contributed by atoms with E-state index in [1.54, 1.807) is 38.1 Å². The molecule has 3 heterocycles. The van der Waals surface area contributed by atoms with Crippen LogP contribution in [0.15, 0.2) is 36.4 Å². The number of halogens is 3. The fourth-order valence-electron chi connectivity index (χ4n) is 6.06. The molecule has 3 amide bonds. The number of aliphatic hydroxyl groups excluding tert-OH is 1. The second kappa shape index (κ2) is 12.1. The second-order valence-corrected chi connectivity index (χ2v) is 12.9. The van der Waals surface area contributed by atoms with Gasteiger partial charge in [-0.15, -0.1) is 0 Å². The van der Waals surface area contributed by atoms with Gasteiger partial charge in [0.1, 0.15) is 27.7 Å². The molecule has 2 aliphatic rings. The van der Waals surface area contributed by atoms with Gasteiger partial charge in [-0.1, -0.05) is 32.0 Å². The van der Waals surface area contributed by atoms with Crippen LogP contribution < -0.4 is 34.9 Å². The van der Waals surface area contributed by atoms with Crippen LogP contribution in [-0.4, -0.2) is 81.7 Å². The minimum Gasteiger partial charge on any atom is -0.746 e. The van der Waals surface area contributed by atoms with Crippen molar-refractivity contribution in [1.82, 2.24) is 14.8 Å². The molecule has 16 heteroatoms. The van der Waals surface area contributed by atoms with Crippen molar-refractivity contribution in [3.05, 3.63) is 65.1 Å². The van der Waals surface area contributed by atoms with Gasteiger partial charge in [0.25, 0.3) is 5.91 Å². The van der Waals surface area contributed by atoms with E-state index in [0.717, 1.165) is 15.9 Å². The van der Waals surface area contributed by atoms with Gasteiger partial charge < -0.3 is 29.8 Å². The first-order valence-corrected chi connectivity index (χ1v) is 14.8. The van der Waals surface area contributed by atoms with Crippen molar-refractivity contribution in [3.63, 3.8) is 0 Å². The molecule has 2 aromatic carbocycles. The monoisotopic (exact) mass is 644 g/mol. The van der Waals surface area contributed by atoms with Crippen LogP contribution in [-0.2, 0) is 25.1 Å². The van der Waals surface area contributed by atoms with Crippen LogP contribution in [0.3, 0.4) is 0 Å². The number of carbonyl (C=O) groups is 3. The maximum absolute atomic E-state index is 14.3. The summed E-state index contributed by atoms with van der Waals surface area (Å²) in [5.41, 5.74) is -4.12. The minimum absolute atomic E-state index is 0. The molecular weight excluding hydrogens is 616 g/mol. The van der Waals surface area contributed by atoms with E-state index in [1.165, 1.54) is 7.05 Å². The molecule has 1 spiro atoms. The molecule has 5 rings (SSSR count). The van der Waals surface area contributed by atoms with Crippen LogP contribution >= 0.6 is 0 Å². The number of rotatable bonds is 7. The number of aromatic amines is 1. The maximum Gasteiger partial charge on any atom is 1.00 e. The summed E-state index contributed by atoms with van der Waals surface area (Å²) in [6.07, 6.45) is -0.375. The van der Waals surface area contributed by atoms with Crippen LogP contribution in [0.4, 0.5) is 18.9 Å². The number of aromatic nitrogens is 1. The first-order valence-electron chi connectivity index (χ1n) is 13.3. The Morgan fingerprint density at radius 1 is 1.18 bits per heavy atom. The third kappa shape index (κ3) is 5.65.